The number of fused-ring (bicyclic) bond motifs is 1. The molecule has 2 aromatic carbocycles. The van der Waals surface area contributed by atoms with Crippen molar-refractivity contribution in [1.29, 1.82) is 0 Å². The second-order valence-electron chi connectivity index (χ2n) is 4.86. The number of carbonyl (C=O) groups is 1. The van der Waals surface area contributed by atoms with Crippen LogP contribution in [0, 0.1) is 0 Å². The predicted molar refractivity (Wildman–Crippen MR) is 84.3 cm³/mol. The van der Waals surface area contributed by atoms with Crippen LogP contribution in [0.5, 0.6) is 0 Å². The van der Waals surface area contributed by atoms with Crippen LogP contribution in [-0.4, -0.2) is 17.4 Å². The Labute approximate surface area is 130 Å². The maximum atomic E-state index is 12.0. The normalized spacial score (nSPS) is 10.8. The molecule has 0 spiro atoms. The molecule has 3 aromatic rings. The topological polar surface area (TPSA) is 75.1 Å². The predicted octanol–water partition coefficient (Wildman–Crippen LogP) is 2.75. The van der Waals surface area contributed by atoms with Gasteiger partial charge in [0.2, 0.25) is 0 Å². The molecule has 0 radical (unpaired) electrons. The van der Waals surface area contributed by atoms with Gasteiger partial charge in [0, 0.05) is 17.1 Å². The Morgan fingerprint density at radius 3 is 2.91 bits per heavy atom. The van der Waals surface area contributed by atoms with Gasteiger partial charge in [-0.05, 0) is 42.3 Å². The number of hydrogen-bond donors (Lipinski definition) is 2. The number of benzene rings is 2. The highest BCUT2D eigenvalue weighted by Crippen LogP contribution is 2.13. The first-order valence-corrected chi connectivity index (χ1v) is 7.15. The third kappa shape index (κ3) is 3.20. The molecule has 1 heterocycles. The Kier molecular flexibility index (Phi) is 3.98. The van der Waals surface area contributed by atoms with E-state index in [1.165, 1.54) is 0 Å². The van der Waals surface area contributed by atoms with Crippen LogP contribution in [0.1, 0.15) is 15.9 Å². The van der Waals surface area contributed by atoms with Crippen molar-refractivity contribution in [3.8, 4) is 0 Å². The molecule has 3 rings (SSSR count). The van der Waals surface area contributed by atoms with Crippen LogP contribution in [0.3, 0.4) is 0 Å². The zero-order chi connectivity index (χ0) is 15.5. The number of carbonyl (C=O) groups excluding carboxylic acids is 1. The highest BCUT2D eigenvalue weighted by molar-refractivity contribution is 6.30. The fourth-order valence-corrected chi connectivity index (χ4v) is 2.40. The standard InChI is InChI=1S/C16H13ClN2O3/c17-12-3-1-2-11(9-12)15(20)18-7-6-10-4-5-14-13(8-10)19-16(21)22-14/h1-5,8-9H,6-7H2,(H,18,20)(H,19,21). The maximum Gasteiger partial charge on any atom is 0.417 e. The molecule has 0 aliphatic rings. The Balaban J connectivity index is 1.62. The first-order valence-electron chi connectivity index (χ1n) is 6.77. The van der Waals surface area contributed by atoms with E-state index in [2.05, 4.69) is 10.3 Å². The second-order valence-corrected chi connectivity index (χ2v) is 5.30. The third-order valence-corrected chi connectivity index (χ3v) is 3.50. The summed E-state index contributed by atoms with van der Waals surface area (Å²) in [6, 6.07) is 12.2. The lowest BCUT2D eigenvalue weighted by molar-refractivity contribution is 0.0954. The Bertz CT molecular complexity index is 882. The lowest BCUT2D eigenvalue weighted by Gasteiger charge is -2.05. The summed E-state index contributed by atoms with van der Waals surface area (Å²) in [6.07, 6.45) is 0.648. The molecular weight excluding hydrogens is 304 g/mol. The molecule has 112 valence electrons. The lowest BCUT2D eigenvalue weighted by atomic mass is 10.1. The van der Waals surface area contributed by atoms with E-state index in [0.29, 0.717) is 34.7 Å². The van der Waals surface area contributed by atoms with Gasteiger partial charge < -0.3 is 9.73 Å². The molecule has 1 amide bonds. The van der Waals surface area contributed by atoms with Crippen LogP contribution >= 0.6 is 11.6 Å². The van der Waals surface area contributed by atoms with E-state index in [-0.39, 0.29) is 5.91 Å². The van der Waals surface area contributed by atoms with E-state index in [1.807, 2.05) is 12.1 Å². The molecule has 6 heteroatoms. The molecular formula is C16H13ClN2O3. The van der Waals surface area contributed by atoms with Crippen LogP contribution in [0.2, 0.25) is 5.02 Å². The zero-order valence-corrected chi connectivity index (χ0v) is 12.3. The number of aromatic amines is 1. The van der Waals surface area contributed by atoms with Crippen molar-refractivity contribution >= 4 is 28.6 Å². The molecule has 0 fully saturated rings. The number of amides is 1. The van der Waals surface area contributed by atoms with Crippen molar-refractivity contribution in [2.75, 3.05) is 6.54 Å². The van der Waals surface area contributed by atoms with Crippen molar-refractivity contribution < 1.29 is 9.21 Å². The van der Waals surface area contributed by atoms with Crippen molar-refractivity contribution in [1.82, 2.24) is 10.3 Å². The highest BCUT2D eigenvalue weighted by Gasteiger charge is 2.06. The van der Waals surface area contributed by atoms with Gasteiger partial charge in [0.1, 0.15) is 0 Å². The number of hydrogen-bond acceptors (Lipinski definition) is 3. The monoisotopic (exact) mass is 316 g/mol. The molecule has 0 atom stereocenters. The molecule has 0 unspecified atom stereocenters. The third-order valence-electron chi connectivity index (χ3n) is 3.27. The Morgan fingerprint density at radius 1 is 1.23 bits per heavy atom. The fraction of sp³-hybridized carbons (Fsp3) is 0.125. The number of oxazole rings is 1. The van der Waals surface area contributed by atoms with Gasteiger partial charge in [0.15, 0.2) is 5.58 Å². The van der Waals surface area contributed by atoms with Gasteiger partial charge in [-0.3, -0.25) is 9.78 Å². The first-order chi connectivity index (χ1) is 10.6. The van der Waals surface area contributed by atoms with E-state index in [4.69, 9.17) is 16.0 Å². The summed E-state index contributed by atoms with van der Waals surface area (Å²) in [7, 11) is 0. The van der Waals surface area contributed by atoms with Gasteiger partial charge in [-0.1, -0.05) is 23.7 Å². The molecule has 0 bridgehead atoms. The van der Waals surface area contributed by atoms with Gasteiger partial charge in [0.25, 0.3) is 5.91 Å². The largest absolute Gasteiger partial charge is 0.417 e. The van der Waals surface area contributed by atoms with Gasteiger partial charge in [-0.15, -0.1) is 0 Å². The second kappa shape index (κ2) is 6.07. The van der Waals surface area contributed by atoms with Crippen LogP contribution in [0.15, 0.2) is 51.7 Å². The van der Waals surface area contributed by atoms with Gasteiger partial charge in [0.05, 0.1) is 5.52 Å². The Hall–Kier alpha value is -2.53. The summed E-state index contributed by atoms with van der Waals surface area (Å²) in [5.74, 6) is -0.637. The van der Waals surface area contributed by atoms with Crippen LogP contribution in [-0.2, 0) is 6.42 Å². The van der Waals surface area contributed by atoms with Crippen LogP contribution in [0.25, 0.3) is 11.1 Å². The van der Waals surface area contributed by atoms with Crippen LogP contribution in [0.4, 0.5) is 0 Å². The maximum absolute atomic E-state index is 12.0. The van der Waals surface area contributed by atoms with Crippen LogP contribution < -0.4 is 11.1 Å². The van der Waals surface area contributed by atoms with Crippen molar-refractivity contribution in [2.24, 2.45) is 0 Å². The van der Waals surface area contributed by atoms with Crippen molar-refractivity contribution in [2.45, 2.75) is 6.42 Å². The molecule has 22 heavy (non-hydrogen) atoms. The molecule has 0 saturated carbocycles. The molecule has 0 aliphatic carbocycles. The summed E-state index contributed by atoms with van der Waals surface area (Å²) < 4.78 is 4.94. The SMILES string of the molecule is O=C(NCCc1ccc2oc(=O)[nH]c2c1)c1cccc(Cl)c1. The van der Waals surface area contributed by atoms with E-state index in [0.717, 1.165) is 5.56 Å². The molecule has 1 aromatic heterocycles. The number of nitrogens with one attached hydrogen (secondary N) is 2. The van der Waals surface area contributed by atoms with Gasteiger partial charge >= 0.3 is 5.76 Å². The number of halogens is 1. The summed E-state index contributed by atoms with van der Waals surface area (Å²) >= 11 is 5.86. The summed E-state index contributed by atoms with van der Waals surface area (Å²) in [6.45, 7) is 0.485. The first kappa shape index (κ1) is 14.4. The van der Waals surface area contributed by atoms with Gasteiger partial charge in [-0.2, -0.15) is 0 Å². The molecule has 5 nitrogen and oxygen atoms in total. The van der Waals surface area contributed by atoms with Gasteiger partial charge in [-0.25, -0.2) is 4.79 Å². The van der Waals surface area contributed by atoms with E-state index in [9.17, 15) is 9.59 Å². The molecule has 0 saturated heterocycles. The van der Waals surface area contributed by atoms with Crippen molar-refractivity contribution in [3.05, 3.63) is 69.2 Å². The van der Waals surface area contributed by atoms with Crippen molar-refractivity contribution in [3.63, 3.8) is 0 Å². The average Bonchev–Trinajstić information content (AvgIpc) is 2.86. The quantitative estimate of drug-likeness (QED) is 0.777. The fourth-order valence-electron chi connectivity index (χ4n) is 2.21. The molecule has 0 aliphatic heterocycles. The van der Waals surface area contributed by atoms with E-state index < -0.39 is 5.76 Å². The Morgan fingerprint density at radius 2 is 2.09 bits per heavy atom. The zero-order valence-electron chi connectivity index (χ0n) is 11.6. The lowest BCUT2D eigenvalue weighted by Crippen LogP contribution is -2.25. The highest BCUT2D eigenvalue weighted by atomic mass is 35.5. The summed E-state index contributed by atoms with van der Waals surface area (Å²) in [5, 5.41) is 3.36. The summed E-state index contributed by atoms with van der Waals surface area (Å²) in [5.41, 5.74) is 2.71. The number of rotatable bonds is 4. The average molecular weight is 317 g/mol. The van der Waals surface area contributed by atoms with E-state index in [1.54, 1.807) is 30.3 Å². The minimum Gasteiger partial charge on any atom is -0.408 e. The smallest absolute Gasteiger partial charge is 0.408 e. The summed E-state index contributed by atoms with van der Waals surface area (Å²) in [4.78, 5) is 25.7. The minimum absolute atomic E-state index is 0.166. The number of H-pyrrole nitrogens is 1. The minimum atomic E-state index is -0.471. The van der Waals surface area contributed by atoms with E-state index >= 15 is 0 Å². The number of aromatic nitrogens is 1. The molecule has 2 N–H and O–H groups in total.